The number of nitrogens with two attached hydrogens (primary N) is 1. The van der Waals surface area contributed by atoms with E-state index in [1.807, 2.05) is 38.1 Å². The Labute approximate surface area is 129 Å². The molecule has 1 aromatic carbocycles. The molecule has 0 aromatic heterocycles. The van der Waals surface area contributed by atoms with Crippen LogP contribution < -0.4 is 11.1 Å². The lowest BCUT2D eigenvalue weighted by molar-refractivity contribution is -0.120. The summed E-state index contributed by atoms with van der Waals surface area (Å²) in [6.07, 6.45) is 1.41. The van der Waals surface area contributed by atoms with E-state index < -0.39 is 0 Å². The van der Waals surface area contributed by atoms with Crippen molar-refractivity contribution in [3.05, 3.63) is 36.4 Å². The van der Waals surface area contributed by atoms with Gasteiger partial charge in [0.2, 0.25) is 5.91 Å². The topological polar surface area (TPSA) is 75.3 Å². The largest absolute Gasteiger partial charge is 0.399 e. The van der Waals surface area contributed by atoms with Crippen molar-refractivity contribution in [3.63, 3.8) is 0 Å². The number of amides is 1. The number of carbonyl (C=O) groups excluding carboxylic acids is 1. The number of hydrogen-bond acceptors (Lipinski definition) is 3. The van der Waals surface area contributed by atoms with Gasteiger partial charge >= 0.3 is 0 Å². The van der Waals surface area contributed by atoms with Crippen molar-refractivity contribution in [2.24, 2.45) is 0 Å². The Bertz CT molecular complexity index is 395. The van der Waals surface area contributed by atoms with Crippen molar-refractivity contribution < 1.29 is 9.90 Å². The Morgan fingerprint density at radius 3 is 2.00 bits per heavy atom. The van der Waals surface area contributed by atoms with Crippen LogP contribution in [-0.4, -0.2) is 24.2 Å². The van der Waals surface area contributed by atoms with Crippen molar-refractivity contribution in [1.82, 2.24) is 5.32 Å². The lowest BCUT2D eigenvalue weighted by atomic mass is 10.1. The van der Waals surface area contributed by atoms with Crippen LogP contribution in [0.5, 0.6) is 0 Å². The zero-order valence-electron chi connectivity index (χ0n) is 13.9. The number of aliphatic hydroxyl groups is 1. The molecular formula is C17H30N2O2. The molecule has 0 spiro atoms. The SMILES string of the molecule is C=C(C)c1ccc(N)cc1.CC(C)O.CCCC(=O)NC. The maximum absolute atomic E-state index is 10.3. The van der Waals surface area contributed by atoms with Crippen LogP contribution in [0.3, 0.4) is 0 Å². The summed E-state index contributed by atoms with van der Waals surface area (Å²) >= 11 is 0. The number of allylic oxidation sites excluding steroid dienone is 1. The molecule has 0 aliphatic carbocycles. The molecule has 0 bridgehead atoms. The first-order valence-corrected chi connectivity index (χ1v) is 7.14. The molecule has 120 valence electrons. The van der Waals surface area contributed by atoms with E-state index in [-0.39, 0.29) is 12.0 Å². The van der Waals surface area contributed by atoms with Gasteiger partial charge in [0.05, 0.1) is 0 Å². The summed E-state index contributed by atoms with van der Waals surface area (Å²) in [7, 11) is 1.65. The van der Waals surface area contributed by atoms with Crippen LogP contribution in [-0.2, 0) is 4.79 Å². The average molecular weight is 294 g/mol. The summed E-state index contributed by atoms with van der Waals surface area (Å²) in [6, 6.07) is 7.70. The van der Waals surface area contributed by atoms with Crippen molar-refractivity contribution in [1.29, 1.82) is 0 Å². The van der Waals surface area contributed by atoms with Crippen molar-refractivity contribution in [2.75, 3.05) is 12.8 Å². The molecule has 1 amide bonds. The normalized spacial score (nSPS) is 8.90. The number of aliphatic hydroxyl groups excluding tert-OH is 1. The molecule has 0 aliphatic rings. The number of benzene rings is 1. The second kappa shape index (κ2) is 13.2. The Morgan fingerprint density at radius 1 is 1.33 bits per heavy atom. The van der Waals surface area contributed by atoms with E-state index in [0.717, 1.165) is 23.2 Å². The van der Waals surface area contributed by atoms with Gasteiger partial charge in [0, 0.05) is 25.3 Å². The lowest BCUT2D eigenvalue weighted by Gasteiger charge is -1.98. The van der Waals surface area contributed by atoms with Gasteiger partial charge in [-0.05, 0) is 44.9 Å². The first kappa shape index (κ1) is 21.5. The highest BCUT2D eigenvalue weighted by molar-refractivity contribution is 5.75. The van der Waals surface area contributed by atoms with Crippen LogP contribution in [0.15, 0.2) is 30.8 Å². The summed E-state index contributed by atoms with van der Waals surface area (Å²) in [6.45, 7) is 11.2. The molecule has 4 nitrogen and oxygen atoms in total. The fraction of sp³-hybridized carbons (Fsp3) is 0.471. The average Bonchev–Trinajstić information content (AvgIpc) is 2.39. The lowest BCUT2D eigenvalue weighted by Crippen LogP contribution is -2.16. The van der Waals surface area contributed by atoms with Crippen LogP contribution in [0.25, 0.3) is 5.57 Å². The van der Waals surface area contributed by atoms with Crippen LogP contribution in [0.1, 0.15) is 46.1 Å². The Kier molecular flexibility index (Phi) is 13.5. The second-order valence-corrected chi connectivity index (χ2v) is 4.92. The molecule has 0 fully saturated rings. The fourth-order valence-corrected chi connectivity index (χ4v) is 1.12. The van der Waals surface area contributed by atoms with Crippen LogP contribution in [0, 0.1) is 0 Å². The van der Waals surface area contributed by atoms with Crippen LogP contribution >= 0.6 is 0 Å². The predicted molar refractivity (Wildman–Crippen MR) is 91.9 cm³/mol. The third-order valence-corrected chi connectivity index (χ3v) is 2.16. The van der Waals surface area contributed by atoms with E-state index in [0.29, 0.717) is 6.42 Å². The highest BCUT2D eigenvalue weighted by Gasteiger charge is 1.90. The third kappa shape index (κ3) is 16.1. The van der Waals surface area contributed by atoms with Crippen LogP contribution in [0.4, 0.5) is 5.69 Å². The van der Waals surface area contributed by atoms with Gasteiger partial charge in [-0.1, -0.05) is 31.2 Å². The van der Waals surface area contributed by atoms with Gasteiger partial charge in [-0.2, -0.15) is 0 Å². The molecule has 1 aromatic rings. The van der Waals surface area contributed by atoms with Gasteiger partial charge in [0.25, 0.3) is 0 Å². The minimum absolute atomic E-state index is 0.127. The summed E-state index contributed by atoms with van der Waals surface area (Å²) in [4.78, 5) is 10.3. The zero-order chi connectivity index (χ0) is 16.8. The molecule has 0 saturated carbocycles. The number of anilines is 1. The molecular weight excluding hydrogens is 264 g/mol. The van der Waals surface area contributed by atoms with E-state index in [2.05, 4.69) is 11.9 Å². The molecule has 0 saturated heterocycles. The second-order valence-electron chi connectivity index (χ2n) is 4.92. The van der Waals surface area contributed by atoms with Crippen molar-refractivity contribution >= 4 is 17.2 Å². The molecule has 0 unspecified atom stereocenters. The monoisotopic (exact) mass is 294 g/mol. The third-order valence-electron chi connectivity index (χ3n) is 2.16. The van der Waals surface area contributed by atoms with E-state index in [4.69, 9.17) is 10.8 Å². The molecule has 0 radical (unpaired) electrons. The highest BCUT2D eigenvalue weighted by Crippen LogP contribution is 2.12. The molecule has 4 heteroatoms. The first-order chi connectivity index (χ1) is 9.74. The standard InChI is InChI=1S/C9H11N.C5H11NO.C3H8O/c1-7(2)8-3-5-9(10)6-4-8;1-3-4-5(7)6-2;1-3(2)4/h3-6H,1,10H2,2H3;3-4H2,1-2H3,(H,6,7);3-4H,1-2H3. The van der Waals surface area contributed by atoms with E-state index in [1.165, 1.54) is 0 Å². The van der Waals surface area contributed by atoms with E-state index in [1.54, 1.807) is 20.9 Å². The summed E-state index contributed by atoms with van der Waals surface area (Å²) in [5, 5.41) is 10.6. The molecule has 21 heavy (non-hydrogen) atoms. The smallest absolute Gasteiger partial charge is 0.219 e. The number of nitrogen functional groups attached to an aromatic ring is 1. The van der Waals surface area contributed by atoms with Gasteiger partial charge in [-0.25, -0.2) is 0 Å². The number of rotatable bonds is 3. The van der Waals surface area contributed by atoms with Gasteiger partial charge in [-0.3, -0.25) is 4.79 Å². The van der Waals surface area contributed by atoms with E-state index in [9.17, 15) is 4.79 Å². The van der Waals surface area contributed by atoms with Gasteiger partial charge in [0.1, 0.15) is 0 Å². The van der Waals surface area contributed by atoms with Crippen molar-refractivity contribution in [2.45, 2.75) is 46.6 Å². The molecule has 1 rings (SSSR count). The summed E-state index contributed by atoms with van der Waals surface area (Å²) in [5.41, 5.74) is 8.51. The maximum atomic E-state index is 10.3. The fourth-order valence-electron chi connectivity index (χ4n) is 1.12. The quantitative estimate of drug-likeness (QED) is 0.749. The Morgan fingerprint density at radius 2 is 1.76 bits per heavy atom. The predicted octanol–water partition coefficient (Wildman–Crippen LogP) is 3.22. The minimum Gasteiger partial charge on any atom is -0.399 e. The minimum atomic E-state index is -0.167. The molecule has 0 aliphatic heterocycles. The zero-order valence-corrected chi connectivity index (χ0v) is 13.9. The molecule has 0 heterocycles. The van der Waals surface area contributed by atoms with E-state index >= 15 is 0 Å². The summed E-state index contributed by atoms with van der Waals surface area (Å²) < 4.78 is 0. The number of nitrogens with one attached hydrogen (secondary N) is 1. The highest BCUT2D eigenvalue weighted by atomic mass is 16.3. The Hall–Kier alpha value is -1.81. The number of carbonyl (C=O) groups is 1. The number of hydrogen-bond donors (Lipinski definition) is 3. The molecule has 4 N–H and O–H groups in total. The molecule has 0 atom stereocenters. The van der Waals surface area contributed by atoms with Gasteiger partial charge in [0.15, 0.2) is 0 Å². The first-order valence-electron chi connectivity index (χ1n) is 7.14. The Balaban J connectivity index is 0. The van der Waals surface area contributed by atoms with Gasteiger partial charge < -0.3 is 16.2 Å². The van der Waals surface area contributed by atoms with Crippen molar-refractivity contribution in [3.8, 4) is 0 Å². The summed E-state index contributed by atoms with van der Waals surface area (Å²) in [5.74, 6) is 0.127. The maximum Gasteiger partial charge on any atom is 0.219 e. The van der Waals surface area contributed by atoms with Crippen LogP contribution in [0.2, 0.25) is 0 Å². The van der Waals surface area contributed by atoms with Gasteiger partial charge in [-0.15, -0.1) is 0 Å².